The Morgan fingerprint density at radius 2 is 1.06 bits per heavy atom. The van der Waals surface area contributed by atoms with E-state index in [9.17, 15) is 10.5 Å². The van der Waals surface area contributed by atoms with Crippen molar-refractivity contribution in [1.29, 1.82) is 10.5 Å². The number of hydrogen-bond acceptors (Lipinski definition) is 6. The summed E-state index contributed by atoms with van der Waals surface area (Å²) in [6, 6.07) is 17.5. The zero-order valence-electron chi connectivity index (χ0n) is 16.3. The third kappa shape index (κ3) is 6.87. The maximum atomic E-state index is 9.99. The molecule has 8 nitrogen and oxygen atoms in total. The summed E-state index contributed by atoms with van der Waals surface area (Å²) in [4.78, 5) is 0. The van der Waals surface area contributed by atoms with Crippen LogP contribution < -0.4 is 22.3 Å². The van der Waals surface area contributed by atoms with E-state index in [1.54, 1.807) is 48.5 Å². The van der Waals surface area contributed by atoms with E-state index in [0.29, 0.717) is 21.2 Å². The van der Waals surface area contributed by atoms with E-state index in [0.717, 1.165) is 0 Å². The van der Waals surface area contributed by atoms with Crippen LogP contribution in [-0.2, 0) is 0 Å². The fraction of sp³-hybridized carbons (Fsp3) is 0.100. The fourth-order valence-electron chi connectivity index (χ4n) is 2.67. The van der Waals surface area contributed by atoms with Crippen molar-refractivity contribution in [1.82, 2.24) is 10.9 Å². The van der Waals surface area contributed by atoms with Crippen LogP contribution in [0.2, 0.25) is 10.0 Å². The molecule has 12 heteroatoms. The predicted octanol–water partition coefficient (Wildman–Crippen LogP) is 3.29. The van der Waals surface area contributed by atoms with Gasteiger partial charge in [0, 0.05) is 10.0 Å². The van der Waals surface area contributed by atoms with E-state index in [1.165, 1.54) is 0 Å². The summed E-state index contributed by atoms with van der Waals surface area (Å²) in [5, 5.41) is 29.1. The first-order valence-electron chi connectivity index (χ1n) is 8.83. The molecule has 2 aromatic rings. The number of benzene rings is 2. The molecule has 2 unspecified atom stereocenters. The molecule has 0 fully saturated rings. The van der Waals surface area contributed by atoms with Crippen molar-refractivity contribution in [2.45, 2.75) is 11.8 Å². The first-order chi connectivity index (χ1) is 15.3. The van der Waals surface area contributed by atoms with Gasteiger partial charge in [-0.2, -0.15) is 20.7 Å². The van der Waals surface area contributed by atoms with Gasteiger partial charge in [0.05, 0.1) is 12.1 Å². The SMILES string of the molecule is N#CC(C(=NNC(N)=S)/C(=N\NC(N)=S)C(C#N)c1ccc(Cl)cc1)c1ccc(Cl)cc1. The minimum absolute atomic E-state index is 0.0767. The maximum absolute atomic E-state index is 9.99. The molecule has 0 aliphatic carbocycles. The quantitative estimate of drug-likeness (QED) is 0.256. The van der Waals surface area contributed by atoms with Gasteiger partial charge in [-0.25, -0.2) is 0 Å². The number of nitrogens with two attached hydrogens (primary N) is 2. The molecule has 0 aliphatic rings. The Bertz CT molecular complexity index is 1040. The molecule has 0 spiro atoms. The number of halogens is 2. The summed E-state index contributed by atoms with van der Waals surface area (Å²) in [6.45, 7) is 0. The fourth-order valence-corrected chi connectivity index (χ4v) is 3.01. The van der Waals surface area contributed by atoms with E-state index in [4.69, 9.17) is 59.1 Å². The summed E-state index contributed by atoms with van der Waals surface area (Å²) >= 11 is 21.7. The normalized spacial score (nSPS) is 13.2. The second-order valence-electron chi connectivity index (χ2n) is 6.17. The first kappa shape index (κ1) is 25.0. The molecule has 2 atom stereocenters. The Morgan fingerprint density at radius 3 is 1.31 bits per heavy atom. The lowest BCUT2D eigenvalue weighted by atomic mass is 9.85. The molecular formula is C20H16Cl2N8S2. The van der Waals surface area contributed by atoms with E-state index in [1.807, 2.05) is 0 Å². The van der Waals surface area contributed by atoms with Gasteiger partial charge in [0.1, 0.15) is 23.3 Å². The van der Waals surface area contributed by atoms with Crippen molar-refractivity contribution in [3.8, 4) is 12.1 Å². The average Bonchev–Trinajstić information content (AvgIpc) is 2.76. The van der Waals surface area contributed by atoms with E-state index >= 15 is 0 Å². The molecule has 162 valence electrons. The van der Waals surface area contributed by atoms with Gasteiger partial charge in [-0.05, 0) is 59.8 Å². The topological polar surface area (TPSA) is 148 Å². The molecule has 0 amide bonds. The summed E-state index contributed by atoms with van der Waals surface area (Å²) in [5.41, 5.74) is 17.3. The summed E-state index contributed by atoms with van der Waals surface area (Å²) in [5.74, 6) is -1.94. The molecule has 0 bridgehead atoms. The van der Waals surface area contributed by atoms with Gasteiger partial charge in [0.15, 0.2) is 10.2 Å². The third-order valence-corrected chi connectivity index (χ3v) is 4.73. The van der Waals surface area contributed by atoms with Crippen molar-refractivity contribution in [3.05, 3.63) is 69.7 Å². The van der Waals surface area contributed by atoms with Crippen LogP contribution >= 0.6 is 47.6 Å². The summed E-state index contributed by atoms with van der Waals surface area (Å²) in [6.07, 6.45) is 0. The van der Waals surface area contributed by atoms with Gasteiger partial charge in [-0.1, -0.05) is 47.5 Å². The van der Waals surface area contributed by atoms with Crippen LogP contribution in [-0.4, -0.2) is 21.6 Å². The van der Waals surface area contributed by atoms with Crippen LogP contribution in [0.4, 0.5) is 0 Å². The molecule has 6 N–H and O–H groups in total. The van der Waals surface area contributed by atoms with E-state index < -0.39 is 11.8 Å². The standard InChI is InChI=1S/C20H16Cl2N8S2/c21-13-5-1-11(2-6-13)15(9-23)17(27-29-19(25)31)18(28-30-20(26)32)16(10-24)12-3-7-14(22)8-4-12/h1-8,15-16H,(H3,25,29,31)(H3,26,30,32)/b27-17-,28-18?. The smallest absolute Gasteiger partial charge is 0.184 e. The Labute approximate surface area is 205 Å². The highest BCUT2D eigenvalue weighted by Gasteiger charge is 2.30. The largest absolute Gasteiger partial charge is 0.375 e. The molecule has 0 heterocycles. The van der Waals surface area contributed by atoms with Gasteiger partial charge in [-0.15, -0.1) is 0 Å². The molecule has 32 heavy (non-hydrogen) atoms. The van der Waals surface area contributed by atoms with Gasteiger partial charge in [-0.3, -0.25) is 10.9 Å². The second-order valence-corrected chi connectivity index (χ2v) is 7.93. The van der Waals surface area contributed by atoms with E-state index in [2.05, 4.69) is 33.2 Å². The van der Waals surface area contributed by atoms with Crippen molar-refractivity contribution in [2.75, 3.05) is 0 Å². The van der Waals surface area contributed by atoms with E-state index in [-0.39, 0.29) is 21.6 Å². The van der Waals surface area contributed by atoms with Crippen molar-refractivity contribution < 1.29 is 0 Å². The Hall–Kier alpha value is -3.28. The van der Waals surface area contributed by atoms with Crippen LogP contribution in [0.3, 0.4) is 0 Å². The molecule has 0 radical (unpaired) electrons. The number of nitriles is 2. The highest BCUT2D eigenvalue weighted by atomic mass is 35.5. The van der Waals surface area contributed by atoms with Crippen LogP contribution in [0.25, 0.3) is 0 Å². The van der Waals surface area contributed by atoms with Gasteiger partial charge in [0.25, 0.3) is 0 Å². The first-order valence-corrected chi connectivity index (χ1v) is 10.4. The monoisotopic (exact) mass is 502 g/mol. The van der Waals surface area contributed by atoms with Gasteiger partial charge < -0.3 is 11.5 Å². The minimum atomic E-state index is -0.968. The molecule has 0 aliphatic heterocycles. The highest BCUT2D eigenvalue weighted by Crippen LogP contribution is 2.26. The lowest BCUT2D eigenvalue weighted by molar-refractivity contribution is 0.974. The summed E-state index contributed by atoms with van der Waals surface area (Å²) in [7, 11) is 0. The number of nitrogens with one attached hydrogen (secondary N) is 2. The number of nitrogens with zero attached hydrogens (tertiary/aromatic N) is 4. The minimum Gasteiger partial charge on any atom is -0.375 e. The maximum Gasteiger partial charge on any atom is 0.184 e. The number of thiocarbonyl (C=S) groups is 2. The lowest BCUT2D eigenvalue weighted by Crippen LogP contribution is -2.35. The van der Waals surface area contributed by atoms with Crippen LogP contribution in [0.1, 0.15) is 23.0 Å². The average molecular weight is 503 g/mol. The zero-order valence-corrected chi connectivity index (χ0v) is 19.4. The Morgan fingerprint density at radius 1 is 0.750 bits per heavy atom. The zero-order chi connectivity index (χ0) is 23.7. The predicted molar refractivity (Wildman–Crippen MR) is 134 cm³/mol. The lowest BCUT2D eigenvalue weighted by Gasteiger charge is -2.19. The molecular weight excluding hydrogens is 487 g/mol. The number of hydrogen-bond donors (Lipinski definition) is 4. The van der Waals surface area contributed by atoms with Crippen molar-refractivity contribution in [2.24, 2.45) is 21.7 Å². The molecule has 0 saturated heterocycles. The van der Waals surface area contributed by atoms with Crippen LogP contribution in [0.5, 0.6) is 0 Å². The molecule has 0 aromatic heterocycles. The number of hydrazone groups is 2. The molecule has 0 saturated carbocycles. The third-order valence-electron chi connectivity index (χ3n) is 4.05. The molecule has 2 rings (SSSR count). The second kappa shape index (κ2) is 11.9. The Kier molecular flexibility index (Phi) is 9.32. The highest BCUT2D eigenvalue weighted by molar-refractivity contribution is 7.80. The van der Waals surface area contributed by atoms with Gasteiger partial charge >= 0.3 is 0 Å². The summed E-state index contributed by atoms with van der Waals surface area (Å²) < 4.78 is 0. The van der Waals surface area contributed by atoms with Crippen molar-refractivity contribution >= 4 is 69.3 Å². The number of rotatable bonds is 7. The van der Waals surface area contributed by atoms with Gasteiger partial charge in [0.2, 0.25) is 0 Å². The van der Waals surface area contributed by atoms with Crippen LogP contribution in [0, 0.1) is 22.7 Å². The Balaban J connectivity index is 2.71. The van der Waals surface area contributed by atoms with Crippen LogP contribution in [0.15, 0.2) is 58.7 Å². The van der Waals surface area contributed by atoms with Crippen molar-refractivity contribution in [3.63, 3.8) is 0 Å². The molecule has 2 aromatic carbocycles.